The monoisotopic (exact) mass is 329 g/mol. The molecule has 0 saturated carbocycles. The molecule has 1 atom stereocenters. The second kappa shape index (κ2) is 6.60. The Bertz CT molecular complexity index is 727. The highest BCUT2D eigenvalue weighted by molar-refractivity contribution is 5.88. The average molecular weight is 329 g/mol. The van der Waals surface area contributed by atoms with Crippen LogP contribution in [0.15, 0.2) is 30.6 Å². The third-order valence-electron chi connectivity index (χ3n) is 4.60. The number of fused-ring (bicyclic) bond motifs is 1. The van der Waals surface area contributed by atoms with Crippen LogP contribution in [0.5, 0.6) is 5.75 Å². The molecule has 0 saturated heterocycles. The molecule has 1 aliphatic rings. The van der Waals surface area contributed by atoms with E-state index in [2.05, 4.69) is 15.4 Å². The van der Waals surface area contributed by atoms with Crippen molar-refractivity contribution in [3.63, 3.8) is 0 Å². The molecule has 7 heteroatoms. The van der Waals surface area contributed by atoms with Crippen molar-refractivity contribution < 1.29 is 9.53 Å². The number of likely N-dealkylation sites (N-methyl/N-ethyl adjacent to an activating group) is 1. The Kier molecular flexibility index (Phi) is 4.53. The lowest BCUT2D eigenvalue weighted by atomic mass is 9.82. The Hall–Kier alpha value is -2.41. The van der Waals surface area contributed by atoms with E-state index in [0.29, 0.717) is 19.6 Å². The summed E-state index contributed by atoms with van der Waals surface area (Å²) in [7, 11) is 3.85. The number of benzene rings is 1. The number of aryl methyl sites for hydroxylation is 1. The lowest BCUT2D eigenvalue weighted by Gasteiger charge is -2.42. The van der Waals surface area contributed by atoms with Crippen molar-refractivity contribution in [1.82, 2.24) is 25.0 Å². The number of aromatic nitrogens is 3. The van der Waals surface area contributed by atoms with Crippen molar-refractivity contribution in [3.05, 3.63) is 42.0 Å². The number of para-hydroxylation sites is 1. The van der Waals surface area contributed by atoms with Gasteiger partial charge in [-0.2, -0.15) is 5.10 Å². The molecule has 0 fully saturated rings. The summed E-state index contributed by atoms with van der Waals surface area (Å²) in [5.74, 6) is 1.47. The van der Waals surface area contributed by atoms with Crippen LogP contribution in [-0.4, -0.2) is 46.3 Å². The summed E-state index contributed by atoms with van der Waals surface area (Å²) < 4.78 is 7.51. The minimum atomic E-state index is -0.744. The van der Waals surface area contributed by atoms with Crippen LogP contribution in [0.4, 0.5) is 0 Å². The van der Waals surface area contributed by atoms with Crippen molar-refractivity contribution >= 4 is 5.91 Å². The predicted octanol–water partition coefficient (Wildman–Crippen LogP) is 1.15. The fourth-order valence-electron chi connectivity index (χ4n) is 3.28. The molecule has 1 amide bonds. The summed E-state index contributed by atoms with van der Waals surface area (Å²) in [5, 5.41) is 7.17. The zero-order valence-electron chi connectivity index (χ0n) is 14.3. The van der Waals surface area contributed by atoms with Gasteiger partial charge in [-0.15, -0.1) is 0 Å². The van der Waals surface area contributed by atoms with Crippen LogP contribution in [0.25, 0.3) is 0 Å². The van der Waals surface area contributed by atoms with Gasteiger partial charge in [0.05, 0.1) is 13.2 Å². The first-order chi connectivity index (χ1) is 11.6. The van der Waals surface area contributed by atoms with Gasteiger partial charge >= 0.3 is 0 Å². The normalized spacial score (nSPS) is 19.7. The van der Waals surface area contributed by atoms with Gasteiger partial charge in [0.25, 0.3) is 0 Å². The van der Waals surface area contributed by atoms with Crippen LogP contribution in [0.2, 0.25) is 0 Å². The number of nitrogens with zero attached hydrogens (tertiary/aromatic N) is 4. The van der Waals surface area contributed by atoms with Gasteiger partial charge < -0.3 is 10.1 Å². The third kappa shape index (κ3) is 2.65. The molecule has 1 unspecified atom stereocenters. The number of carbonyl (C=O) groups excluding carboxylic acids is 1. The second-order valence-electron chi connectivity index (χ2n) is 6.02. The molecule has 1 aromatic carbocycles. The molecule has 7 nitrogen and oxygen atoms in total. The molecule has 0 spiro atoms. The summed E-state index contributed by atoms with van der Waals surface area (Å²) in [6.07, 6.45) is 2.11. The molecule has 0 radical (unpaired) electrons. The lowest BCUT2D eigenvalue weighted by molar-refractivity contribution is -0.135. The van der Waals surface area contributed by atoms with Gasteiger partial charge in [0.15, 0.2) is 0 Å². The summed E-state index contributed by atoms with van der Waals surface area (Å²) in [6, 6.07) is 7.73. The molecule has 0 bridgehead atoms. The Morgan fingerprint density at radius 2 is 2.21 bits per heavy atom. The Balaban J connectivity index is 1.88. The van der Waals surface area contributed by atoms with Crippen molar-refractivity contribution in [3.8, 4) is 5.75 Å². The summed E-state index contributed by atoms with van der Waals surface area (Å²) in [4.78, 5) is 19.3. The quantitative estimate of drug-likeness (QED) is 0.891. The van der Waals surface area contributed by atoms with Crippen molar-refractivity contribution in [1.29, 1.82) is 0 Å². The second-order valence-corrected chi connectivity index (χ2v) is 6.02. The number of carbonyl (C=O) groups is 1. The largest absolute Gasteiger partial charge is 0.493 e. The lowest BCUT2D eigenvalue weighted by Crippen LogP contribution is -2.55. The van der Waals surface area contributed by atoms with Crippen molar-refractivity contribution in [2.45, 2.75) is 32.0 Å². The topological polar surface area (TPSA) is 72.3 Å². The van der Waals surface area contributed by atoms with Crippen LogP contribution >= 0.6 is 0 Å². The number of ether oxygens (including phenoxy) is 1. The summed E-state index contributed by atoms with van der Waals surface area (Å²) in [5.41, 5.74) is 0.155. The number of hydrogen-bond donors (Lipinski definition) is 1. The van der Waals surface area contributed by atoms with E-state index < -0.39 is 5.54 Å². The maximum Gasteiger partial charge on any atom is 0.245 e. The highest BCUT2D eigenvalue weighted by Crippen LogP contribution is 2.40. The first-order valence-electron chi connectivity index (χ1n) is 8.14. The predicted molar refractivity (Wildman–Crippen MR) is 89.5 cm³/mol. The zero-order chi connectivity index (χ0) is 17.2. The maximum absolute atomic E-state index is 13.2. The molecular weight excluding hydrogens is 306 g/mol. The fraction of sp³-hybridized carbons (Fsp3) is 0.471. The van der Waals surface area contributed by atoms with Crippen LogP contribution in [0, 0.1) is 0 Å². The van der Waals surface area contributed by atoms with Crippen LogP contribution in [0.1, 0.15) is 24.7 Å². The Morgan fingerprint density at radius 1 is 1.42 bits per heavy atom. The first-order valence-corrected chi connectivity index (χ1v) is 8.14. The fourth-order valence-corrected chi connectivity index (χ4v) is 3.28. The average Bonchev–Trinajstić information content (AvgIpc) is 3.06. The molecule has 1 aliphatic heterocycles. The van der Waals surface area contributed by atoms with Crippen LogP contribution in [-0.2, 0) is 23.4 Å². The van der Waals surface area contributed by atoms with E-state index in [9.17, 15) is 4.79 Å². The van der Waals surface area contributed by atoms with Crippen LogP contribution in [0.3, 0.4) is 0 Å². The molecule has 1 N–H and O–H groups in total. The van der Waals surface area contributed by atoms with Gasteiger partial charge in [0, 0.05) is 18.5 Å². The van der Waals surface area contributed by atoms with E-state index >= 15 is 0 Å². The van der Waals surface area contributed by atoms with Gasteiger partial charge in [0.1, 0.15) is 23.4 Å². The van der Waals surface area contributed by atoms with Gasteiger partial charge in [0.2, 0.25) is 5.91 Å². The summed E-state index contributed by atoms with van der Waals surface area (Å²) >= 11 is 0. The zero-order valence-corrected chi connectivity index (χ0v) is 14.3. The molecule has 3 rings (SSSR count). The highest BCUT2D eigenvalue weighted by atomic mass is 16.5. The SMILES string of the molecule is CCn1ncnc1CNC(=O)C1(N(C)C)CCOc2ccccc21. The number of rotatable bonds is 5. The van der Waals surface area contributed by atoms with Crippen molar-refractivity contribution in [2.75, 3.05) is 20.7 Å². The summed E-state index contributed by atoms with van der Waals surface area (Å²) in [6.45, 7) is 3.58. The minimum absolute atomic E-state index is 0.0473. The van der Waals surface area contributed by atoms with E-state index in [1.807, 2.05) is 50.2 Å². The molecule has 24 heavy (non-hydrogen) atoms. The van der Waals surface area contributed by atoms with Gasteiger partial charge in [-0.3, -0.25) is 9.69 Å². The molecule has 2 heterocycles. The number of amides is 1. The van der Waals surface area contributed by atoms with Gasteiger partial charge in [-0.25, -0.2) is 9.67 Å². The molecule has 0 aliphatic carbocycles. The standard InChI is InChI=1S/C17H23N5O2/c1-4-22-15(19-12-20-22)11-18-16(23)17(21(2)3)9-10-24-14-8-6-5-7-13(14)17/h5-8,12H,4,9-11H2,1-3H3,(H,18,23). The van der Waals surface area contributed by atoms with Gasteiger partial charge in [-0.1, -0.05) is 18.2 Å². The minimum Gasteiger partial charge on any atom is -0.493 e. The maximum atomic E-state index is 13.2. The van der Waals surface area contributed by atoms with E-state index in [1.54, 1.807) is 4.68 Å². The molecule has 128 valence electrons. The van der Waals surface area contributed by atoms with E-state index in [-0.39, 0.29) is 5.91 Å². The first kappa shape index (κ1) is 16.4. The molecule has 2 aromatic rings. The van der Waals surface area contributed by atoms with Crippen molar-refractivity contribution in [2.24, 2.45) is 0 Å². The van der Waals surface area contributed by atoms with E-state index in [1.165, 1.54) is 6.33 Å². The Labute approximate surface area is 141 Å². The van der Waals surface area contributed by atoms with E-state index in [0.717, 1.165) is 23.7 Å². The van der Waals surface area contributed by atoms with Gasteiger partial charge in [-0.05, 0) is 27.1 Å². The number of nitrogens with one attached hydrogen (secondary N) is 1. The highest BCUT2D eigenvalue weighted by Gasteiger charge is 2.46. The number of hydrogen-bond acceptors (Lipinski definition) is 5. The Morgan fingerprint density at radius 3 is 2.96 bits per heavy atom. The molecule has 1 aromatic heterocycles. The third-order valence-corrected chi connectivity index (χ3v) is 4.60. The molecular formula is C17H23N5O2. The van der Waals surface area contributed by atoms with E-state index in [4.69, 9.17) is 4.74 Å². The van der Waals surface area contributed by atoms with Crippen LogP contribution < -0.4 is 10.1 Å². The smallest absolute Gasteiger partial charge is 0.245 e.